The number of hydrogen-bond acceptors (Lipinski definition) is 5. The van der Waals surface area contributed by atoms with Gasteiger partial charge in [0.25, 0.3) is 0 Å². The van der Waals surface area contributed by atoms with E-state index in [1.807, 2.05) is 31.2 Å². The van der Waals surface area contributed by atoms with Crippen molar-refractivity contribution >= 4 is 17.5 Å². The SMILES string of the molecule is Cc1oc(-c2cccc(NC(=O)C3CCCN(C)C3)c2)nc1CNC(=O)CC1=CCCCC1. The van der Waals surface area contributed by atoms with Crippen LogP contribution in [0.2, 0.25) is 0 Å². The van der Waals surface area contributed by atoms with Crippen LogP contribution in [0.1, 0.15) is 56.4 Å². The molecule has 0 radical (unpaired) electrons. The number of aryl methyl sites for hydroxylation is 1. The van der Waals surface area contributed by atoms with Crippen molar-refractivity contribution in [1.82, 2.24) is 15.2 Å². The fourth-order valence-corrected chi connectivity index (χ4v) is 4.59. The Morgan fingerprint density at radius 2 is 2.12 bits per heavy atom. The standard InChI is InChI=1S/C26H34N4O3/c1-18-23(16-27-24(31)14-19-8-4-3-5-9-19)29-26(33-18)20-10-6-12-22(15-20)28-25(32)21-11-7-13-30(2)17-21/h6,8,10,12,15,21H,3-5,7,9,11,13-14,16-17H2,1-2H3,(H,27,31)(H,28,32). The zero-order valence-electron chi connectivity index (χ0n) is 19.7. The van der Waals surface area contributed by atoms with E-state index in [2.05, 4.69) is 33.6 Å². The topological polar surface area (TPSA) is 87.5 Å². The molecule has 2 aliphatic rings. The molecule has 0 spiro atoms. The number of oxazole rings is 1. The van der Waals surface area contributed by atoms with E-state index in [1.165, 1.54) is 18.4 Å². The van der Waals surface area contributed by atoms with Gasteiger partial charge in [-0.1, -0.05) is 17.7 Å². The lowest BCUT2D eigenvalue weighted by atomic mass is 9.97. The fraction of sp³-hybridized carbons (Fsp3) is 0.500. The third-order valence-corrected chi connectivity index (χ3v) is 6.49. The van der Waals surface area contributed by atoms with Gasteiger partial charge < -0.3 is 20.0 Å². The van der Waals surface area contributed by atoms with Crippen LogP contribution in [0.3, 0.4) is 0 Å². The van der Waals surface area contributed by atoms with E-state index in [1.54, 1.807) is 0 Å². The van der Waals surface area contributed by atoms with Crippen LogP contribution in [0.15, 0.2) is 40.3 Å². The summed E-state index contributed by atoms with van der Waals surface area (Å²) in [6.07, 6.45) is 9.10. The molecule has 0 saturated carbocycles. The van der Waals surface area contributed by atoms with Crippen molar-refractivity contribution in [1.29, 1.82) is 0 Å². The summed E-state index contributed by atoms with van der Waals surface area (Å²) < 4.78 is 5.88. The molecule has 1 fully saturated rings. The average molecular weight is 451 g/mol. The van der Waals surface area contributed by atoms with Gasteiger partial charge in [0, 0.05) is 24.2 Å². The lowest BCUT2D eigenvalue weighted by Crippen LogP contribution is -2.38. The first-order valence-electron chi connectivity index (χ1n) is 12.0. The van der Waals surface area contributed by atoms with E-state index in [9.17, 15) is 9.59 Å². The molecule has 2 heterocycles. The fourth-order valence-electron chi connectivity index (χ4n) is 4.59. The van der Waals surface area contributed by atoms with Crippen LogP contribution >= 0.6 is 0 Å². The molecule has 1 saturated heterocycles. The van der Waals surface area contributed by atoms with Gasteiger partial charge >= 0.3 is 0 Å². The number of hydrogen-bond donors (Lipinski definition) is 2. The summed E-state index contributed by atoms with van der Waals surface area (Å²) in [5, 5.41) is 6.01. The highest BCUT2D eigenvalue weighted by atomic mass is 16.4. The van der Waals surface area contributed by atoms with Gasteiger partial charge in [0.05, 0.1) is 12.5 Å². The van der Waals surface area contributed by atoms with E-state index < -0.39 is 0 Å². The van der Waals surface area contributed by atoms with Crippen LogP contribution < -0.4 is 10.6 Å². The number of benzene rings is 1. The van der Waals surface area contributed by atoms with Crippen molar-refractivity contribution in [2.24, 2.45) is 5.92 Å². The Hall–Kier alpha value is -2.93. The number of nitrogens with one attached hydrogen (secondary N) is 2. The summed E-state index contributed by atoms with van der Waals surface area (Å²) in [6.45, 7) is 4.03. The molecule has 1 aliphatic carbocycles. The molecule has 1 unspecified atom stereocenters. The van der Waals surface area contributed by atoms with Crippen LogP contribution in [0.25, 0.3) is 11.5 Å². The second kappa shape index (κ2) is 10.8. The number of rotatable bonds is 7. The number of nitrogens with zero attached hydrogens (tertiary/aromatic N) is 2. The largest absolute Gasteiger partial charge is 0.441 e. The van der Waals surface area contributed by atoms with E-state index in [0.29, 0.717) is 24.6 Å². The van der Waals surface area contributed by atoms with E-state index in [-0.39, 0.29) is 17.7 Å². The Labute approximate surface area is 195 Å². The third-order valence-electron chi connectivity index (χ3n) is 6.49. The van der Waals surface area contributed by atoms with Gasteiger partial charge in [-0.2, -0.15) is 0 Å². The molecule has 2 aromatic rings. The number of carbonyl (C=O) groups is 2. The Morgan fingerprint density at radius 3 is 2.91 bits per heavy atom. The molecule has 2 amide bonds. The van der Waals surface area contributed by atoms with E-state index >= 15 is 0 Å². The second-order valence-corrected chi connectivity index (χ2v) is 9.26. The number of anilines is 1. The number of carbonyl (C=O) groups excluding carboxylic acids is 2. The normalized spacial score (nSPS) is 19.1. The Kier molecular flexibility index (Phi) is 7.60. The van der Waals surface area contributed by atoms with Crippen LogP contribution in [0, 0.1) is 12.8 Å². The van der Waals surface area contributed by atoms with Crippen molar-refractivity contribution in [2.75, 3.05) is 25.5 Å². The summed E-state index contributed by atoms with van der Waals surface area (Å²) in [7, 11) is 2.05. The summed E-state index contributed by atoms with van der Waals surface area (Å²) in [5.41, 5.74) is 3.48. The summed E-state index contributed by atoms with van der Waals surface area (Å²) in [4.78, 5) is 31.8. The maximum Gasteiger partial charge on any atom is 0.228 e. The molecule has 7 heteroatoms. The maximum absolute atomic E-state index is 12.7. The van der Waals surface area contributed by atoms with Gasteiger partial charge in [-0.25, -0.2) is 4.98 Å². The molecule has 1 aromatic heterocycles. The zero-order chi connectivity index (χ0) is 23.2. The molecule has 1 atom stereocenters. The number of amides is 2. The Balaban J connectivity index is 1.36. The van der Waals surface area contributed by atoms with Gasteiger partial charge in [0.1, 0.15) is 11.5 Å². The Bertz CT molecular complexity index is 1030. The molecule has 1 aliphatic heterocycles. The van der Waals surface area contributed by atoms with E-state index in [4.69, 9.17) is 4.42 Å². The second-order valence-electron chi connectivity index (χ2n) is 9.26. The number of aromatic nitrogens is 1. The molecule has 7 nitrogen and oxygen atoms in total. The molecule has 0 bridgehead atoms. The quantitative estimate of drug-likeness (QED) is 0.609. The van der Waals surface area contributed by atoms with Crippen molar-refractivity contribution in [3.05, 3.63) is 47.4 Å². The summed E-state index contributed by atoms with van der Waals surface area (Å²) >= 11 is 0. The predicted molar refractivity (Wildman–Crippen MR) is 129 cm³/mol. The first-order chi connectivity index (χ1) is 16.0. The van der Waals surface area contributed by atoms with Crippen LogP contribution in [0.5, 0.6) is 0 Å². The lowest BCUT2D eigenvalue weighted by molar-refractivity contribution is -0.121. The predicted octanol–water partition coefficient (Wildman–Crippen LogP) is 4.44. The van der Waals surface area contributed by atoms with Gasteiger partial charge in [0.15, 0.2) is 0 Å². The minimum absolute atomic E-state index is 0.0102. The third kappa shape index (κ3) is 6.32. The van der Waals surface area contributed by atoms with Crippen LogP contribution in [0.4, 0.5) is 5.69 Å². The highest BCUT2D eigenvalue weighted by Gasteiger charge is 2.24. The van der Waals surface area contributed by atoms with Gasteiger partial charge in [0.2, 0.25) is 17.7 Å². The monoisotopic (exact) mass is 450 g/mol. The van der Waals surface area contributed by atoms with Crippen molar-refractivity contribution < 1.29 is 14.0 Å². The maximum atomic E-state index is 12.7. The van der Waals surface area contributed by atoms with Gasteiger partial charge in [-0.3, -0.25) is 9.59 Å². The number of likely N-dealkylation sites (tertiary alicyclic amines) is 1. The zero-order valence-corrected chi connectivity index (χ0v) is 19.7. The highest BCUT2D eigenvalue weighted by Crippen LogP contribution is 2.26. The molecule has 33 heavy (non-hydrogen) atoms. The highest BCUT2D eigenvalue weighted by molar-refractivity contribution is 5.93. The van der Waals surface area contributed by atoms with Crippen LogP contribution in [-0.4, -0.2) is 41.8 Å². The number of allylic oxidation sites excluding steroid dienone is 1. The van der Waals surface area contributed by atoms with Crippen molar-refractivity contribution in [3.63, 3.8) is 0 Å². The molecule has 176 valence electrons. The van der Waals surface area contributed by atoms with Crippen molar-refractivity contribution in [2.45, 2.75) is 58.4 Å². The van der Waals surface area contributed by atoms with Crippen molar-refractivity contribution in [3.8, 4) is 11.5 Å². The summed E-state index contributed by atoms with van der Waals surface area (Å²) in [5.74, 6) is 1.25. The molecule has 4 rings (SSSR count). The molecule has 2 N–H and O–H groups in total. The Morgan fingerprint density at radius 1 is 1.24 bits per heavy atom. The van der Waals surface area contributed by atoms with Crippen LogP contribution in [-0.2, 0) is 16.1 Å². The molecular weight excluding hydrogens is 416 g/mol. The summed E-state index contributed by atoms with van der Waals surface area (Å²) in [6, 6.07) is 7.56. The minimum Gasteiger partial charge on any atom is -0.441 e. The average Bonchev–Trinajstić information content (AvgIpc) is 3.19. The lowest BCUT2D eigenvalue weighted by Gasteiger charge is -2.28. The first-order valence-corrected chi connectivity index (χ1v) is 12.0. The molecule has 1 aromatic carbocycles. The van der Waals surface area contributed by atoms with Gasteiger partial charge in [-0.05, 0) is 77.2 Å². The van der Waals surface area contributed by atoms with Gasteiger partial charge in [-0.15, -0.1) is 0 Å². The first kappa shape index (κ1) is 23.2. The number of piperidine rings is 1. The molecular formula is C26H34N4O3. The minimum atomic E-state index is 0.0102. The van der Waals surface area contributed by atoms with E-state index in [0.717, 1.165) is 55.7 Å². The smallest absolute Gasteiger partial charge is 0.228 e.